The van der Waals surface area contributed by atoms with Crippen LogP contribution in [0, 0.1) is 6.92 Å². The van der Waals surface area contributed by atoms with Gasteiger partial charge in [0.25, 0.3) is 11.8 Å². The number of amides is 2. The van der Waals surface area contributed by atoms with E-state index in [0.717, 1.165) is 36.4 Å². The lowest BCUT2D eigenvalue weighted by molar-refractivity contribution is 0.0947. The standard InChI is InChI=1S/C23H31N3O3/c1-5-26(6-2)20-12-13-21(17(3)16-20)25-23(28)19-10-8-18(9-11-19)22(27)24-14-7-15-29-4/h8-13,16H,5-7,14-15H2,1-4H3,(H,24,27)(H,25,28). The molecule has 0 unspecified atom stereocenters. The van der Waals surface area contributed by atoms with Crippen molar-refractivity contribution in [1.29, 1.82) is 0 Å². The first-order valence-corrected chi connectivity index (χ1v) is 10.0. The van der Waals surface area contributed by atoms with Gasteiger partial charge in [0, 0.05) is 55.9 Å². The van der Waals surface area contributed by atoms with Gasteiger partial charge in [0.15, 0.2) is 0 Å². The van der Waals surface area contributed by atoms with E-state index in [-0.39, 0.29) is 11.8 Å². The van der Waals surface area contributed by atoms with Gasteiger partial charge in [0.2, 0.25) is 0 Å². The third-order valence-electron chi connectivity index (χ3n) is 4.81. The molecule has 2 N–H and O–H groups in total. The number of ether oxygens (including phenoxy) is 1. The van der Waals surface area contributed by atoms with Crippen molar-refractivity contribution in [2.45, 2.75) is 27.2 Å². The number of carbonyl (C=O) groups is 2. The Morgan fingerprint density at radius 2 is 1.59 bits per heavy atom. The van der Waals surface area contributed by atoms with Gasteiger partial charge in [-0.1, -0.05) is 0 Å². The zero-order valence-electron chi connectivity index (χ0n) is 17.7. The summed E-state index contributed by atoms with van der Waals surface area (Å²) in [5.41, 5.74) is 3.97. The fraction of sp³-hybridized carbons (Fsp3) is 0.391. The maximum atomic E-state index is 12.6. The van der Waals surface area contributed by atoms with Crippen LogP contribution < -0.4 is 15.5 Å². The summed E-state index contributed by atoms with van der Waals surface area (Å²) >= 11 is 0. The Kier molecular flexibility index (Phi) is 8.68. The van der Waals surface area contributed by atoms with E-state index in [2.05, 4.69) is 35.4 Å². The average Bonchev–Trinajstić information content (AvgIpc) is 2.74. The minimum Gasteiger partial charge on any atom is -0.385 e. The Labute approximate surface area is 173 Å². The first kappa shape index (κ1) is 22.4. The molecular formula is C23H31N3O3. The van der Waals surface area contributed by atoms with Crippen molar-refractivity contribution >= 4 is 23.2 Å². The molecule has 0 fully saturated rings. The minimum atomic E-state index is -0.198. The lowest BCUT2D eigenvalue weighted by Crippen LogP contribution is -2.25. The highest BCUT2D eigenvalue weighted by Gasteiger charge is 2.11. The zero-order valence-corrected chi connectivity index (χ0v) is 17.7. The van der Waals surface area contributed by atoms with Gasteiger partial charge >= 0.3 is 0 Å². The molecule has 0 aliphatic carbocycles. The molecule has 0 radical (unpaired) electrons. The first-order chi connectivity index (χ1) is 14.0. The Hall–Kier alpha value is -2.86. The van der Waals surface area contributed by atoms with Crippen LogP contribution in [0.5, 0.6) is 0 Å². The fourth-order valence-electron chi connectivity index (χ4n) is 3.06. The van der Waals surface area contributed by atoms with Crippen molar-refractivity contribution in [2.24, 2.45) is 0 Å². The quantitative estimate of drug-likeness (QED) is 0.597. The van der Waals surface area contributed by atoms with E-state index in [1.807, 2.05) is 19.1 Å². The number of rotatable bonds is 10. The van der Waals surface area contributed by atoms with E-state index < -0.39 is 0 Å². The molecule has 0 aliphatic rings. The van der Waals surface area contributed by atoms with Gasteiger partial charge in [-0.15, -0.1) is 0 Å². The molecule has 0 atom stereocenters. The summed E-state index contributed by atoms with van der Waals surface area (Å²) in [4.78, 5) is 27.0. The molecule has 0 saturated heterocycles. The Balaban J connectivity index is 1.99. The minimum absolute atomic E-state index is 0.157. The van der Waals surface area contributed by atoms with Crippen LogP contribution in [0.25, 0.3) is 0 Å². The zero-order chi connectivity index (χ0) is 21.2. The van der Waals surface area contributed by atoms with Crippen LogP contribution in [0.4, 0.5) is 11.4 Å². The molecule has 2 rings (SSSR count). The second-order valence-corrected chi connectivity index (χ2v) is 6.81. The van der Waals surface area contributed by atoms with Gasteiger partial charge in [0.1, 0.15) is 0 Å². The van der Waals surface area contributed by atoms with Gasteiger partial charge in [-0.3, -0.25) is 9.59 Å². The average molecular weight is 398 g/mol. The summed E-state index contributed by atoms with van der Waals surface area (Å²) in [7, 11) is 1.63. The highest BCUT2D eigenvalue weighted by molar-refractivity contribution is 6.05. The number of nitrogens with one attached hydrogen (secondary N) is 2. The molecule has 0 aliphatic heterocycles. The molecule has 29 heavy (non-hydrogen) atoms. The number of anilines is 2. The lowest BCUT2D eigenvalue weighted by atomic mass is 10.1. The summed E-state index contributed by atoms with van der Waals surface area (Å²) in [6.45, 7) is 9.27. The van der Waals surface area contributed by atoms with Crippen LogP contribution in [0.2, 0.25) is 0 Å². The molecule has 2 aromatic rings. The topological polar surface area (TPSA) is 70.7 Å². The molecular weight excluding hydrogens is 366 g/mol. The molecule has 0 aromatic heterocycles. The van der Waals surface area contributed by atoms with E-state index in [1.54, 1.807) is 31.4 Å². The van der Waals surface area contributed by atoms with Crippen molar-refractivity contribution in [1.82, 2.24) is 5.32 Å². The normalized spacial score (nSPS) is 10.5. The first-order valence-electron chi connectivity index (χ1n) is 10.0. The molecule has 0 bridgehead atoms. The SMILES string of the molecule is CCN(CC)c1ccc(NC(=O)c2ccc(C(=O)NCCCOC)cc2)c(C)c1. The summed E-state index contributed by atoms with van der Waals surface area (Å²) in [5, 5.41) is 5.78. The third-order valence-corrected chi connectivity index (χ3v) is 4.81. The van der Waals surface area contributed by atoms with Crippen LogP contribution in [0.3, 0.4) is 0 Å². The predicted molar refractivity (Wildman–Crippen MR) is 118 cm³/mol. The van der Waals surface area contributed by atoms with Crippen LogP contribution in [0.1, 0.15) is 46.5 Å². The smallest absolute Gasteiger partial charge is 0.255 e. The van der Waals surface area contributed by atoms with Crippen molar-refractivity contribution < 1.29 is 14.3 Å². The maximum Gasteiger partial charge on any atom is 0.255 e. The van der Waals surface area contributed by atoms with Crippen molar-refractivity contribution in [2.75, 3.05) is 43.6 Å². The van der Waals surface area contributed by atoms with E-state index in [0.29, 0.717) is 24.3 Å². The van der Waals surface area contributed by atoms with E-state index in [1.165, 1.54) is 0 Å². The fourth-order valence-corrected chi connectivity index (χ4v) is 3.06. The number of aryl methyl sites for hydroxylation is 1. The molecule has 6 nitrogen and oxygen atoms in total. The number of carbonyl (C=O) groups excluding carboxylic acids is 2. The molecule has 156 valence electrons. The van der Waals surface area contributed by atoms with Crippen molar-refractivity contribution in [3.63, 3.8) is 0 Å². The van der Waals surface area contributed by atoms with Gasteiger partial charge in [-0.25, -0.2) is 0 Å². The second kappa shape index (κ2) is 11.2. The summed E-state index contributed by atoms with van der Waals surface area (Å²) in [6, 6.07) is 12.7. The van der Waals surface area contributed by atoms with Crippen LogP contribution in [-0.2, 0) is 4.74 Å². The molecule has 0 spiro atoms. The molecule has 2 aromatic carbocycles. The van der Waals surface area contributed by atoms with Crippen molar-refractivity contribution in [3.8, 4) is 0 Å². The number of hydrogen-bond acceptors (Lipinski definition) is 4. The number of hydrogen-bond donors (Lipinski definition) is 2. The van der Waals surface area contributed by atoms with Gasteiger partial charge in [-0.05, 0) is 75.2 Å². The van der Waals surface area contributed by atoms with Gasteiger partial charge < -0.3 is 20.3 Å². The molecule has 6 heteroatoms. The third kappa shape index (κ3) is 6.32. The summed E-state index contributed by atoms with van der Waals surface area (Å²) in [5.74, 6) is -0.355. The van der Waals surface area contributed by atoms with Crippen LogP contribution in [-0.4, -0.2) is 45.2 Å². The molecule has 0 heterocycles. The number of nitrogens with zero attached hydrogens (tertiary/aromatic N) is 1. The second-order valence-electron chi connectivity index (χ2n) is 6.81. The van der Waals surface area contributed by atoms with Gasteiger partial charge in [0.05, 0.1) is 0 Å². The van der Waals surface area contributed by atoms with E-state index in [4.69, 9.17) is 4.74 Å². The molecule has 2 amide bonds. The summed E-state index contributed by atoms with van der Waals surface area (Å²) in [6.07, 6.45) is 0.759. The van der Waals surface area contributed by atoms with Gasteiger partial charge in [-0.2, -0.15) is 0 Å². The van der Waals surface area contributed by atoms with Crippen LogP contribution in [0.15, 0.2) is 42.5 Å². The Morgan fingerprint density at radius 3 is 2.14 bits per heavy atom. The van der Waals surface area contributed by atoms with E-state index in [9.17, 15) is 9.59 Å². The lowest BCUT2D eigenvalue weighted by Gasteiger charge is -2.22. The van der Waals surface area contributed by atoms with Crippen molar-refractivity contribution in [3.05, 3.63) is 59.2 Å². The Bertz CT molecular complexity index is 815. The number of benzene rings is 2. The monoisotopic (exact) mass is 397 g/mol. The molecule has 0 saturated carbocycles. The highest BCUT2D eigenvalue weighted by atomic mass is 16.5. The summed E-state index contributed by atoms with van der Waals surface area (Å²) < 4.78 is 4.96. The highest BCUT2D eigenvalue weighted by Crippen LogP contribution is 2.23. The van der Waals surface area contributed by atoms with E-state index >= 15 is 0 Å². The maximum absolute atomic E-state index is 12.6. The number of methoxy groups -OCH3 is 1. The van der Waals surface area contributed by atoms with Crippen LogP contribution >= 0.6 is 0 Å². The predicted octanol–water partition coefficient (Wildman–Crippen LogP) is 3.86. The Morgan fingerprint density at radius 1 is 0.966 bits per heavy atom. The largest absolute Gasteiger partial charge is 0.385 e.